The molecule has 4 nitrogen and oxygen atoms in total. The molecule has 1 atom stereocenters. The van der Waals surface area contributed by atoms with Gasteiger partial charge in [-0.05, 0) is 48.6 Å². The quantitative estimate of drug-likeness (QED) is 0.472. The largest absolute Gasteiger partial charge is 0.354 e. The summed E-state index contributed by atoms with van der Waals surface area (Å²) in [6, 6.07) is 12.8. The number of nitrogens with one attached hydrogen (secondary N) is 1. The average molecular weight is 481 g/mol. The number of hydrogen-bond acceptors (Lipinski definition) is 3. The summed E-state index contributed by atoms with van der Waals surface area (Å²) in [5.74, 6) is 1.05. The number of halogens is 2. The lowest BCUT2D eigenvalue weighted by atomic mass is 10.1. The van der Waals surface area contributed by atoms with Crippen molar-refractivity contribution in [2.45, 2.75) is 46.0 Å². The van der Waals surface area contributed by atoms with Gasteiger partial charge >= 0.3 is 0 Å². The summed E-state index contributed by atoms with van der Waals surface area (Å²) in [6.45, 7) is 8.87. The third-order valence-electron chi connectivity index (χ3n) is 4.93. The molecule has 0 fully saturated rings. The second kappa shape index (κ2) is 12.4. The van der Waals surface area contributed by atoms with Crippen LogP contribution in [0, 0.1) is 12.8 Å². The Hall–Kier alpha value is -1.69. The number of benzene rings is 2. The van der Waals surface area contributed by atoms with Crippen molar-refractivity contribution in [1.82, 2.24) is 10.2 Å². The van der Waals surface area contributed by atoms with Gasteiger partial charge in [0.1, 0.15) is 6.04 Å². The highest BCUT2D eigenvalue weighted by Gasteiger charge is 2.26. The van der Waals surface area contributed by atoms with Crippen LogP contribution >= 0.6 is 35.0 Å². The van der Waals surface area contributed by atoms with Crippen LogP contribution < -0.4 is 5.32 Å². The lowest BCUT2D eigenvalue weighted by Crippen LogP contribution is -2.48. The van der Waals surface area contributed by atoms with Gasteiger partial charge in [-0.15, -0.1) is 11.8 Å². The Labute approximate surface area is 199 Å². The molecule has 0 saturated heterocycles. The van der Waals surface area contributed by atoms with Crippen molar-refractivity contribution in [1.29, 1.82) is 0 Å². The molecule has 0 spiro atoms. The molecule has 0 unspecified atom stereocenters. The number of carbonyl (C=O) groups excluding carboxylic acids is 2. The molecule has 2 aromatic rings. The molecule has 2 aromatic carbocycles. The van der Waals surface area contributed by atoms with E-state index in [9.17, 15) is 9.59 Å². The SMILES string of the molecule is Cc1ccccc1CN(C(=O)CSCc1ccc(Cl)c(Cl)c1)[C@@H](C)C(=O)NCC(C)C. The van der Waals surface area contributed by atoms with Gasteiger partial charge in [0, 0.05) is 18.8 Å². The first-order valence-corrected chi connectivity index (χ1v) is 12.2. The molecule has 0 heterocycles. The Kier molecular flexibility index (Phi) is 10.2. The molecule has 0 aliphatic heterocycles. The van der Waals surface area contributed by atoms with Crippen LogP contribution in [0.1, 0.15) is 37.5 Å². The van der Waals surface area contributed by atoms with Crippen LogP contribution in [0.15, 0.2) is 42.5 Å². The first kappa shape index (κ1) is 25.6. The minimum absolute atomic E-state index is 0.0690. The molecule has 0 bridgehead atoms. The molecule has 2 amide bonds. The summed E-state index contributed by atoms with van der Waals surface area (Å²) in [7, 11) is 0. The van der Waals surface area contributed by atoms with Gasteiger partial charge in [-0.1, -0.05) is 67.4 Å². The predicted molar refractivity (Wildman–Crippen MR) is 132 cm³/mol. The predicted octanol–water partition coefficient (Wildman–Crippen LogP) is 5.72. The van der Waals surface area contributed by atoms with Crippen LogP contribution in [0.5, 0.6) is 0 Å². The van der Waals surface area contributed by atoms with E-state index >= 15 is 0 Å². The molecule has 2 rings (SSSR count). The number of nitrogens with zero attached hydrogens (tertiary/aromatic N) is 1. The molecule has 7 heteroatoms. The maximum absolute atomic E-state index is 13.1. The number of carbonyl (C=O) groups is 2. The molecule has 0 aliphatic rings. The van der Waals surface area contributed by atoms with E-state index in [1.165, 1.54) is 11.8 Å². The molecule has 0 aromatic heterocycles. The molecule has 0 aliphatic carbocycles. The van der Waals surface area contributed by atoms with E-state index in [1.807, 2.05) is 57.2 Å². The highest BCUT2D eigenvalue weighted by molar-refractivity contribution is 7.99. The van der Waals surface area contributed by atoms with E-state index < -0.39 is 6.04 Å². The third-order valence-corrected chi connectivity index (χ3v) is 6.66. The first-order valence-electron chi connectivity index (χ1n) is 10.3. The van der Waals surface area contributed by atoms with Gasteiger partial charge in [0.15, 0.2) is 0 Å². The van der Waals surface area contributed by atoms with E-state index in [0.717, 1.165) is 16.7 Å². The van der Waals surface area contributed by atoms with Crippen molar-refractivity contribution in [3.05, 3.63) is 69.2 Å². The highest BCUT2D eigenvalue weighted by Crippen LogP contribution is 2.25. The van der Waals surface area contributed by atoms with Crippen LogP contribution in [0.4, 0.5) is 0 Å². The number of amides is 2. The molecule has 168 valence electrons. The Bertz CT molecular complexity index is 905. The Morgan fingerprint density at radius 3 is 2.42 bits per heavy atom. The number of hydrogen-bond donors (Lipinski definition) is 1. The number of aryl methyl sites for hydroxylation is 1. The molecule has 1 N–H and O–H groups in total. The lowest BCUT2D eigenvalue weighted by Gasteiger charge is -2.29. The Morgan fingerprint density at radius 1 is 1.06 bits per heavy atom. The number of thioether (sulfide) groups is 1. The third kappa shape index (κ3) is 8.06. The lowest BCUT2D eigenvalue weighted by molar-refractivity contribution is -0.138. The van der Waals surface area contributed by atoms with E-state index in [1.54, 1.807) is 17.9 Å². The van der Waals surface area contributed by atoms with Crippen LogP contribution in [-0.2, 0) is 21.9 Å². The van der Waals surface area contributed by atoms with E-state index in [-0.39, 0.29) is 17.6 Å². The monoisotopic (exact) mass is 480 g/mol. The average Bonchev–Trinajstić information content (AvgIpc) is 2.73. The Balaban J connectivity index is 2.08. The fraction of sp³-hybridized carbons (Fsp3) is 0.417. The summed E-state index contributed by atoms with van der Waals surface area (Å²) < 4.78 is 0. The van der Waals surface area contributed by atoms with E-state index in [4.69, 9.17) is 23.2 Å². The van der Waals surface area contributed by atoms with Crippen molar-refractivity contribution in [3.63, 3.8) is 0 Å². The minimum atomic E-state index is -0.559. The summed E-state index contributed by atoms with van der Waals surface area (Å²) in [5, 5.41) is 3.96. The molecular weight excluding hydrogens is 451 g/mol. The van der Waals surface area contributed by atoms with Crippen LogP contribution in [0.25, 0.3) is 0 Å². The van der Waals surface area contributed by atoms with Crippen molar-refractivity contribution in [2.24, 2.45) is 5.92 Å². The maximum Gasteiger partial charge on any atom is 0.242 e. The number of rotatable bonds is 10. The van der Waals surface area contributed by atoms with Gasteiger partial charge in [0.25, 0.3) is 0 Å². The first-order chi connectivity index (χ1) is 14.7. The molecule has 0 radical (unpaired) electrons. The normalized spacial score (nSPS) is 12.0. The topological polar surface area (TPSA) is 49.4 Å². The van der Waals surface area contributed by atoms with Gasteiger partial charge in [0.2, 0.25) is 11.8 Å². The van der Waals surface area contributed by atoms with Crippen molar-refractivity contribution < 1.29 is 9.59 Å². The summed E-state index contributed by atoms with van der Waals surface area (Å²) in [4.78, 5) is 27.5. The van der Waals surface area contributed by atoms with E-state index in [0.29, 0.717) is 34.8 Å². The van der Waals surface area contributed by atoms with Gasteiger partial charge in [-0.2, -0.15) is 0 Å². The van der Waals surface area contributed by atoms with Crippen LogP contribution in [-0.4, -0.2) is 35.1 Å². The zero-order valence-electron chi connectivity index (χ0n) is 18.5. The smallest absolute Gasteiger partial charge is 0.242 e. The van der Waals surface area contributed by atoms with Gasteiger partial charge in [-0.3, -0.25) is 9.59 Å². The zero-order chi connectivity index (χ0) is 23.0. The minimum Gasteiger partial charge on any atom is -0.354 e. The second-order valence-corrected chi connectivity index (χ2v) is 9.80. The van der Waals surface area contributed by atoms with Crippen molar-refractivity contribution in [2.75, 3.05) is 12.3 Å². The molecule has 0 saturated carbocycles. The van der Waals surface area contributed by atoms with Crippen molar-refractivity contribution in [3.8, 4) is 0 Å². The molecule has 31 heavy (non-hydrogen) atoms. The van der Waals surface area contributed by atoms with E-state index in [2.05, 4.69) is 5.32 Å². The highest BCUT2D eigenvalue weighted by atomic mass is 35.5. The van der Waals surface area contributed by atoms with Gasteiger partial charge in [-0.25, -0.2) is 0 Å². The van der Waals surface area contributed by atoms with Crippen molar-refractivity contribution >= 4 is 46.8 Å². The zero-order valence-corrected chi connectivity index (χ0v) is 20.8. The van der Waals surface area contributed by atoms with Gasteiger partial charge in [0.05, 0.1) is 15.8 Å². The molecular formula is C24H30Cl2N2O2S. The van der Waals surface area contributed by atoms with Gasteiger partial charge < -0.3 is 10.2 Å². The van der Waals surface area contributed by atoms with Crippen LogP contribution in [0.2, 0.25) is 10.0 Å². The summed E-state index contributed by atoms with van der Waals surface area (Å²) in [6.07, 6.45) is 0. The summed E-state index contributed by atoms with van der Waals surface area (Å²) in [5.41, 5.74) is 3.13. The standard InChI is InChI=1S/C24H30Cl2N2O2S/c1-16(2)12-27-24(30)18(4)28(13-20-8-6-5-7-17(20)3)23(29)15-31-14-19-9-10-21(25)22(26)11-19/h5-11,16,18H,12-15H2,1-4H3,(H,27,30)/t18-/m0/s1. The van der Waals surface area contributed by atoms with Crippen LogP contribution in [0.3, 0.4) is 0 Å². The summed E-state index contributed by atoms with van der Waals surface area (Å²) >= 11 is 13.5. The maximum atomic E-state index is 13.1. The fourth-order valence-corrected chi connectivity index (χ4v) is 4.15. The second-order valence-electron chi connectivity index (χ2n) is 8.00. The fourth-order valence-electron chi connectivity index (χ4n) is 2.97. The Morgan fingerprint density at radius 2 is 1.77 bits per heavy atom.